The van der Waals surface area contributed by atoms with Crippen LogP contribution in [0.4, 0.5) is 0 Å². The lowest BCUT2D eigenvalue weighted by Crippen LogP contribution is -2.36. The molecule has 1 heterocycles. The predicted octanol–water partition coefficient (Wildman–Crippen LogP) is 0.881. The molecule has 3 N–H and O–H groups in total. The summed E-state index contributed by atoms with van der Waals surface area (Å²) in [6.45, 7) is 0.771. The first kappa shape index (κ1) is 9.15. The van der Waals surface area contributed by atoms with Gasteiger partial charge in [-0.2, -0.15) is 5.53 Å². The van der Waals surface area contributed by atoms with Gasteiger partial charge in [-0.25, -0.2) is 10.9 Å². The quantitative estimate of drug-likeness (QED) is 0.685. The van der Waals surface area contributed by atoms with Gasteiger partial charge in [-0.05, 0) is 36.5 Å². The standard InChI is InChI=1S/C11H15N3O/c1-2-9(8-4-5-8)6-10(3-1)15-11-7-12-14-13-11/h1-3,6,8,11-14H,4-5,7H2. The molecular formula is C11H15N3O. The maximum Gasteiger partial charge on any atom is 0.177 e. The second kappa shape index (κ2) is 3.81. The largest absolute Gasteiger partial charge is 0.473 e. The zero-order chi connectivity index (χ0) is 10.1. The first-order valence-corrected chi connectivity index (χ1v) is 5.42. The topological polar surface area (TPSA) is 45.3 Å². The Morgan fingerprint density at radius 1 is 1.27 bits per heavy atom. The summed E-state index contributed by atoms with van der Waals surface area (Å²) in [5.74, 6) is 1.73. The highest BCUT2D eigenvalue weighted by molar-refractivity contribution is 5.33. The Bertz CT molecular complexity index is 345. The van der Waals surface area contributed by atoms with Crippen molar-refractivity contribution in [2.45, 2.75) is 25.0 Å². The van der Waals surface area contributed by atoms with E-state index in [0.717, 1.165) is 18.2 Å². The normalized spacial score (nSPS) is 25.5. The number of rotatable bonds is 3. The molecule has 1 aromatic rings. The Labute approximate surface area is 88.9 Å². The average Bonchev–Trinajstić information content (AvgIpc) is 3.00. The van der Waals surface area contributed by atoms with Crippen molar-refractivity contribution < 1.29 is 4.74 Å². The summed E-state index contributed by atoms with van der Waals surface area (Å²) in [6.07, 6.45) is 2.67. The molecule has 1 atom stereocenters. The van der Waals surface area contributed by atoms with Gasteiger partial charge in [0, 0.05) is 0 Å². The van der Waals surface area contributed by atoms with Crippen LogP contribution in [0, 0.1) is 0 Å². The lowest BCUT2D eigenvalue weighted by Gasteiger charge is -2.12. The summed E-state index contributed by atoms with van der Waals surface area (Å²) in [5, 5.41) is 0. The van der Waals surface area contributed by atoms with E-state index >= 15 is 0 Å². The first-order chi connectivity index (χ1) is 7.42. The zero-order valence-corrected chi connectivity index (χ0v) is 8.49. The van der Waals surface area contributed by atoms with E-state index in [-0.39, 0.29) is 6.23 Å². The molecule has 0 amide bonds. The predicted molar refractivity (Wildman–Crippen MR) is 57.1 cm³/mol. The summed E-state index contributed by atoms with van der Waals surface area (Å²) >= 11 is 0. The van der Waals surface area contributed by atoms with Gasteiger partial charge in [0.25, 0.3) is 0 Å². The number of nitrogens with one attached hydrogen (secondary N) is 3. The molecule has 2 aliphatic rings. The number of ether oxygens (including phenoxy) is 1. The molecule has 3 rings (SSSR count). The molecule has 4 nitrogen and oxygen atoms in total. The molecule has 0 bridgehead atoms. The fourth-order valence-electron chi connectivity index (χ4n) is 1.82. The van der Waals surface area contributed by atoms with Crippen LogP contribution in [-0.2, 0) is 0 Å². The monoisotopic (exact) mass is 205 g/mol. The molecule has 1 aliphatic heterocycles. The van der Waals surface area contributed by atoms with Crippen molar-refractivity contribution in [2.24, 2.45) is 0 Å². The van der Waals surface area contributed by atoms with Crippen molar-refractivity contribution in [1.82, 2.24) is 16.4 Å². The number of hydrogen-bond donors (Lipinski definition) is 3. The van der Waals surface area contributed by atoms with Gasteiger partial charge in [0.05, 0.1) is 6.54 Å². The van der Waals surface area contributed by atoms with Crippen LogP contribution >= 0.6 is 0 Å². The maximum atomic E-state index is 5.76. The van der Waals surface area contributed by atoms with Crippen molar-refractivity contribution in [3.05, 3.63) is 29.8 Å². The number of hydrazine groups is 2. The van der Waals surface area contributed by atoms with Crippen LogP contribution in [0.25, 0.3) is 0 Å². The SMILES string of the molecule is c1cc(OC2CNNN2)cc(C2CC2)c1. The minimum Gasteiger partial charge on any atom is -0.473 e. The van der Waals surface area contributed by atoms with E-state index in [0.29, 0.717) is 0 Å². The fraction of sp³-hybridized carbons (Fsp3) is 0.455. The van der Waals surface area contributed by atoms with E-state index in [1.165, 1.54) is 18.4 Å². The van der Waals surface area contributed by atoms with Crippen LogP contribution in [0.15, 0.2) is 24.3 Å². The maximum absolute atomic E-state index is 5.76. The summed E-state index contributed by atoms with van der Waals surface area (Å²) in [7, 11) is 0. The summed E-state index contributed by atoms with van der Waals surface area (Å²) < 4.78 is 5.76. The highest BCUT2D eigenvalue weighted by Crippen LogP contribution is 2.40. The molecule has 1 aromatic carbocycles. The van der Waals surface area contributed by atoms with Crippen LogP contribution in [0.2, 0.25) is 0 Å². The van der Waals surface area contributed by atoms with Crippen LogP contribution in [0.3, 0.4) is 0 Å². The number of hydrogen-bond acceptors (Lipinski definition) is 4. The Kier molecular flexibility index (Phi) is 2.32. The average molecular weight is 205 g/mol. The van der Waals surface area contributed by atoms with Gasteiger partial charge in [0.2, 0.25) is 0 Å². The minimum absolute atomic E-state index is 0.0134. The Morgan fingerprint density at radius 3 is 2.93 bits per heavy atom. The van der Waals surface area contributed by atoms with Gasteiger partial charge in [-0.15, -0.1) is 0 Å². The van der Waals surface area contributed by atoms with Crippen molar-refractivity contribution in [3.8, 4) is 5.75 Å². The zero-order valence-electron chi connectivity index (χ0n) is 8.49. The third kappa shape index (κ3) is 2.12. The van der Waals surface area contributed by atoms with Gasteiger partial charge < -0.3 is 4.74 Å². The Hall–Kier alpha value is -1.10. The van der Waals surface area contributed by atoms with E-state index < -0.39 is 0 Å². The molecule has 1 unspecified atom stereocenters. The van der Waals surface area contributed by atoms with Gasteiger partial charge in [0.15, 0.2) is 6.23 Å². The van der Waals surface area contributed by atoms with E-state index in [4.69, 9.17) is 4.74 Å². The third-order valence-electron chi connectivity index (χ3n) is 2.79. The highest BCUT2D eigenvalue weighted by Gasteiger charge is 2.24. The summed E-state index contributed by atoms with van der Waals surface area (Å²) in [6, 6.07) is 8.41. The summed E-state index contributed by atoms with van der Waals surface area (Å²) in [5.41, 5.74) is 10.2. The van der Waals surface area contributed by atoms with E-state index in [1.54, 1.807) is 0 Å². The molecule has 0 aromatic heterocycles. The highest BCUT2D eigenvalue weighted by atomic mass is 16.5. The molecule has 80 valence electrons. The molecule has 1 saturated heterocycles. The molecule has 15 heavy (non-hydrogen) atoms. The van der Waals surface area contributed by atoms with Crippen molar-refractivity contribution in [3.63, 3.8) is 0 Å². The molecular weight excluding hydrogens is 190 g/mol. The summed E-state index contributed by atoms with van der Waals surface area (Å²) in [4.78, 5) is 0. The Morgan fingerprint density at radius 2 is 2.20 bits per heavy atom. The van der Waals surface area contributed by atoms with Crippen LogP contribution in [0.1, 0.15) is 24.3 Å². The fourth-order valence-corrected chi connectivity index (χ4v) is 1.82. The lowest BCUT2D eigenvalue weighted by molar-refractivity contribution is 0.191. The third-order valence-corrected chi connectivity index (χ3v) is 2.79. The van der Waals surface area contributed by atoms with Gasteiger partial charge in [0.1, 0.15) is 5.75 Å². The van der Waals surface area contributed by atoms with E-state index in [9.17, 15) is 0 Å². The molecule has 1 saturated carbocycles. The van der Waals surface area contributed by atoms with Crippen molar-refractivity contribution in [2.75, 3.05) is 6.54 Å². The van der Waals surface area contributed by atoms with Crippen LogP contribution < -0.4 is 21.1 Å². The molecule has 0 radical (unpaired) electrons. The lowest BCUT2D eigenvalue weighted by atomic mass is 10.1. The van der Waals surface area contributed by atoms with E-state index in [2.05, 4.69) is 34.6 Å². The second-order valence-corrected chi connectivity index (χ2v) is 4.10. The van der Waals surface area contributed by atoms with Gasteiger partial charge in [-0.3, -0.25) is 0 Å². The number of benzene rings is 1. The molecule has 4 heteroatoms. The first-order valence-electron chi connectivity index (χ1n) is 5.42. The minimum atomic E-state index is 0.0134. The Balaban J connectivity index is 1.70. The van der Waals surface area contributed by atoms with Crippen LogP contribution in [-0.4, -0.2) is 12.8 Å². The van der Waals surface area contributed by atoms with Gasteiger partial charge in [-0.1, -0.05) is 12.1 Å². The van der Waals surface area contributed by atoms with Crippen LogP contribution in [0.5, 0.6) is 5.75 Å². The van der Waals surface area contributed by atoms with Crippen molar-refractivity contribution in [1.29, 1.82) is 0 Å². The van der Waals surface area contributed by atoms with Crippen molar-refractivity contribution >= 4 is 0 Å². The molecule has 1 aliphatic carbocycles. The smallest absolute Gasteiger partial charge is 0.177 e. The molecule has 0 spiro atoms. The second-order valence-electron chi connectivity index (χ2n) is 4.10. The van der Waals surface area contributed by atoms with Gasteiger partial charge >= 0.3 is 0 Å². The van der Waals surface area contributed by atoms with E-state index in [1.807, 2.05) is 6.07 Å². The molecule has 2 fully saturated rings.